The maximum Gasteiger partial charge on any atom is 0.215 e. The molecular weight excluding hydrogens is 312 g/mol. The highest BCUT2D eigenvalue weighted by atomic mass is 32.2. The molecule has 0 radical (unpaired) electrons. The highest BCUT2D eigenvalue weighted by molar-refractivity contribution is 7.88. The number of hydrogen-bond acceptors (Lipinski definition) is 4. The Bertz CT molecular complexity index is 826. The standard InChI is InChI=1S/C17H18N2O3S/c1-13-5-2-3-8-16(13)17(20)11-19-23(21,22)12-15-7-4-6-14(9-15)10-18/h2-9,17,19-20H,11-12H2,1H3/t17-/m0/s1. The molecule has 120 valence electrons. The molecule has 2 aromatic rings. The Labute approximate surface area is 136 Å². The van der Waals surface area contributed by atoms with E-state index in [1.807, 2.05) is 25.1 Å². The highest BCUT2D eigenvalue weighted by Crippen LogP contribution is 2.17. The average Bonchev–Trinajstić information content (AvgIpc) is 2.53. The summed E-state index contributed by atoms with van der Waals surface area (Å²) in [5.74, 6) is -0.233. The maximum atomic E-state index is 12.1. The van der Waals surface area contributed by atoms with Gasteiger partial charge in [0.05, 0.1) is 23.5 Å². The molecule has 0 aliphatic carbocycles. The van der Waals surface area contributed by atoms with Crippen molar-refractivity contribution >= 4 is 10.0 Å². The lowest BCUT2D eigenvalue weighted by Crippen LogP contribution is -2.29. The lowest BCUT2D eigenvalue weighted by molar-refractivity contribution is 0.181. The van der Waals surface area contributed by atoms with Gasteiger partial charge < -0.3 is 5.11 Å². The maximum absolute atomic E-state index is 12.1. The molecule has 0 bridgehead atoms. The van der Waals surface area contributed by atoms with Crippen LogP contribution in [0.15, 0.2) is 48.5 Å². The lowest BCUT2D eigenvalue weighted by atomic mass is 10.0. The summed E-state index contributed by atoms with van der Waals surface area (Å²) in [6.45, 7) is 1.77. The zero-order valence-electron chi connectivity index (χ0n) is 12.7. The number of nitrogens with one attached hydrogen (secondary N) is 1. The van der Waals surface area contributed by atoms with E-state index in [-0.39, 0.29) is 12.3 Å². The van der Waals surface area contributed by atoms with Crippen molar-refractivity contribution in [1.82, 2.24) is 4.72 Å². The molecule has 2 N–H and O–H groups in total. The molecule has 5 nitrogen and oxygen atoms in total. The SMILES string of the molecule is Cc1ccccc1[C@@H](O)CNS(=O)(=O)Cc1cccc(C#N)c1. The fraction of sp³-hybridized carbons (Fsp3) is 0.235. The Morgan fingerprint density at radius 3 is 2.65 bits per heavy atom. The minimum Gasteiger partial charge on any atom is -0.387 e. The number of aryl methyl sites for hydroxylation is 1. The molecule has 0 saturated heterocycles. The van der Waals surface area contributed by atoms with Crippen molar-refractivity contribution in [2.24, 2.45) is 0 Å². The number of nitriles is 1. The second-order valence-corrected chi connectivity index (χ2v) is 7.10. The Morgan fingerprint density at radius 2 is 1.96 bits per heavy atom. The molecule has 0 aromatic heterocycles. The summed E-state index contributed by atoms with van der Waals surface area (Å²) in [7, 11) is -3.59. The third kappa shape index (κ3) is 4.89. The molecule has 0 unspecified atom stereocenters. The molecule has 2 rings (SSSR count). The van der Waals surface area contributed by atoms with Crippen LogP contribution in [0, 0.1) is 18.3 Å². The first-order chi connectivity index (χ1) is 10.9. The summed E-state index contributed by atoms with van der Waals surface area (Å²) >= 11 is 0. The summed E-state index contributed by atoms with van der Waals surface area (Å²) in [5.41, 5.74) is 2.54. The Balaban J connectivity index is 2.01. The van der Waals surface area contributed by atoms with Gasteiger partial charge in [-0.05, 0) is 35.7 Å². The summed E-state index contributed by atoms with van der Waals surface area (Å²) in [6.07, 6.45) is -0.906. The van der Waals surface area contributed by atoms with Gasteiger partial charge in [-0.15, -0.1) is 0 Å². The molecule has 6 heteroatoms. The van der Waals surface area contributed by atoms with Gasteiger partial charge in [0.15, 0.2) is 0 Å². The fourth-order valence-electron chi connectivity index (χ4n) is 2.28. The second-order valence-electron chi connectivity index (χ2n) is 5.29. The normalized spacial score (nSPS) is 12.6. The topological polar surface area (TPSA) is 90.2 Å². The predicted molar refractivity (Wildman–Crippen MR) is 87.9 cm³/mol. The molecule has 2 aromatic carbocycles. The van der Waals surface area contributed by atoms with E-state index in [0.717, 1.165) is 5.56 Å². The van der Waals surface area contributed by atoms with Crippen LogP contribution in [0.3, 0.4) is 0 Å². The molecule has 0 fully saturated rings. The summed E-state index contributed by atoms with van der Waals surface area (Å²) < 4.78 is 26.6. The molecule has 0 spiro atoms. The minimum absolute atomic E-state index is 0.0921. The van der Waals surface area contributed by atoms with Gasteiger partial charge in [0.2, 0.25) is 10.0 Å². The van der Waals surface area contributed by atoms with E-state index in [4.69, 9.17) is 5.26 Å². The van der Waals surface area contributed by atoms with Crippen molar-refractivity contribution in [2.75, 3.05) is 6.54 Å². The molecule has 0 aliphatic rings. The largest absolute Gasteiger partial charge is 0.387 e. The lowest BCUT2D eigenvalue weighted by Gasteiger charge is -2.14. The first-order valence-corrected chi connectivity index (χ1v) is 8.76. The van der Waals surface area contributed by atoms with Crippen LogP contribution in [0.2, 0.25) is 0 Å². The van der Waals surface area contributed by atoms with E-state index in [1.54, 1.807) is 30.3 Å². The summed E-state index contributed by atoms with van der Waals surface area (Å²) in [6, 6.07) is 15.7. The number of aliphatic hydroxyl groups is 1. The fourth-order valence-corrected chi connectivity index (χ4v) is 3.41. The van der Waals surface area contributed by atoms with Crippen LogP contribution in [0.25, 0.3) is 0 Å². The third-order valence-electron chi connectivity index (χ3n) is 3.46. The molecule has 0 heterocycles. The van der Waals surface area contributed by atoms with Crippen LogP contribution >= 0.6 is 0 Å². The Hall–Kier alpha value is -2.20. The number of sulfonamides is 1. The van der Waals surface area contributed by atoms with Crippen molar-refractivity contribution in [3.05, 3.63) is 70.8 Å². The van der Waals surface area contributed by atoms with Crippen molar-refractivity contribution in [2.45, 2.75) is 18.8 Å². The van der Waals surface area contributed by atoms with Gasteiger partial charge in [0, 0.05) is 6.54 Å². The monoisotopic (exact) mass is 330 g/mol. The van der Waals surface area contributed by atoms with Crippen LogP contribution in [-0.2, 0) is 15.8 Å². The molecule has 0 aliphatic heterocycles. The first kappa shape index (κ1) is 17.2. The third-order valence-corrected chi connectivity index (χ3v) is 4.78. The van der Waals surface area contributed by atoms with Crippen molar-refractivity contribution in [3.8, 4) is 6.07 Å². The number of hydrogen-bond donors (Lipinski definition) is 2. The molecular formula is C17H18N2O3S. The van der Waals surface area contributed by atoms with Gasteiger partial charge in [0.1, 0.15) is 0 Å². The summed E-state index contributed by atoms with van der Waals surface area (Å²) in [4.78, 5) is 0. The van der Waals surface area contributed by atoms with Gasteiger partial charge in [-0.25, -0.2) is 13.1 Å². The van der Waals surface area contributed by atoms with Crippen molar-refractivity contribution in [1.29, 1.82) is 5.26 Å². The van der Waals surface area contributed by atoms with Crippen LogP contribution < -0.4 is 4.72 Å². The highest BCUT2D eigenvalue weighted by Gasteiger charge is 2.16. The van der Waals surface area contributed by atoms with Crippen LogP contribution in [0.5, 0.6) is 0 Å². The van der Waals surface area contributed by atoms with Gasteiger partial charge in [-0.1, -0.05) is 36.4 Å². The number of benzene rings is 2. The van der Waals surface area contributed by atoms with E-state index in [1.165, 1.54) is 6.07 Å². The second kappa shape index (κ2) is 7.38. The van der Waals surface area contributed by atoms with E-state index in [0.29, 0.717) is 16.7 Å². The van der Waals surface area contributed by atoms with Crippen LogP contribution in [0.1, 0.15) is 28.4 Å². The molecule has 0 amide bonds. The number of aliphatic hydroxyl groups excluding tert-OH is 1. The predicted octanol–water partition coefficient (Wildman–Crippen LogP) is 2.02. The van der Waals surface area contributed by atoms with Crippen molar-refractivity contribution in [3.63, 3.8) is 0 Å². The molecule has 23 heavy (non-hydrogen) atoms. The summed E-state index contributed by atoms with van der Waals surface area (Å²) in [5, 5.41) is 19.0. The Morgan fingerprint density at radius 1 is 1.22 bits per heavy atom. The smallest absolute Gasteiger partial charge is 0.215 e. The first-order valence-electron chi connectivity index (χ1n) is 7.11. The van der Waals surface area contributed by atoms with Gasteiger partial charge in [-0.3, -0.25) is 0 Å². The van der Waals surface area contributed by atoms with Crippen LogP contribution in [0.4, 0.5) is 0 Å². The van der Waals surface area contributed by atoms with E-state index in [9.17, 15) is 13.5 Å². The minimum atomic E-state index is -3.59. The number of nitrogens with zero attached hydrogens (tertiary/aromatic N) is 1. The quantitative estimate of drug-likeness (QED) is 0.848. The van der Waals surface area contributed by atoms with Crippen molar-refractivity contribution < 1.29 is 13.5 Å². The van der Waals surface area contributed by atoms with Gasteiger partial charge >= 0.3 is 0 Å². The zero-order valence-corrected chi connectivity index (χ0v) is 13.5. The van der Waals surface area contributed by atoms with Gasteiger partial charge in [-0.2, -0.15) is 5.26 Å². The number of rotatable bonds is 6. The van der Waals surface area contributed by atoms with Crippen LogP contribution in [-0.4, -0.2) is 20.1 Å². The Kier molecular flexibility index (Phi) is 5.50. The van der Waals surface area contributed by atoms with E-state index < -0.39 is 16.1 Å². The molecule has 0 saturated carbocycles. The average molecular weight is 330 g/mol. The van der Waals surface area contributed by atoms with E-state index in [2.05, 4.69) is 4.72 Å². The zero-order chi connectivity index (χ0) is 16.9. The van der Waals surface area contributed by atoms with E-state index >= 15 is 0 Å². The molecule has 1 atom stereocenters. The van der Waals surface area contributed by atoms with Gasteiger partial charge in [0.25, 0.3) is 0 Å².